The van der Waals surface area contributed by atoms with Crippen LogP contribution in [-0.2, 0) is 0 Å². The van der Waals surface area contributed by atoms with Crippen molar-refractivity contribution >= 4 is 40.0 Å². The van der Waals surface area contributed by atoms with Crippen LogP contribution in [0.2, 0.25) is 0 Å². The minimum absolute atomic E-state index is 0.941. The molecule has 0 radical (unpaired) electrons. The fraction of sp³-hybridized carbons (Fsp3) is 0. The first kappa shape index (κ1) is 20.9. The monoisotopic (exact) mass is 448 g/mol. The van der Waals surface area contributed by atoms with Crippen molar-refractivity contribution in [2.45, 2.75) is 0 Å². The lowest BCUT2D eigenvalue weighted by Crippen LogP contribution is -1.97. The van der Waals surface area contributed by atoms with Crippen LogP contribution in [0.5, 0.6) is 0 Å². The molecule has 0 aliphatic carbocycles. The van der Waals surface area contributed by atoms with Gasteiger partial charge in [0.05, 0.1) is 11.0 Å². The van der Waals surface area contributed by atoms with E-state index in [-0.39, 0.29) is 0 Å². The average molecular weight is 449 g/mol. The highest BCUT2D eigenvalue weighted by Gasteiger charge is 2.13. The molecular formula is C33H24N2. The Morgan fingerprint density at radius 2 is 1.29 bits per heavy atom. The maximum absolute atomic E-state index is 4.97. The summed E-state index contributed by atoms with van der Waals surface area (Å²) in [7, 11) is 0. The van der Waals surface area contributed by atoms with Crippen LogP contribution in [0.25, 0.3) is 57.1 Å². The first-order valence-corrected chi connectivity index (χ1v) is 11.8. The van der Waals surface area contributed by atoms with Gasteiger partial charge in [0.1, 0.15) is 5.82 Å². The summed E-state index contributed by atoms with van der Waals surface area (Å²) in [6, 6.07) is 40.1. The van der Waals surface area contributed by atoms with E-state index >= 15 is 0 Å². The average Bonchev–Trinajstić information content (AvgIpc) is 3.32. The summed E-state index contributed by atoms with van der Waals surface area (Å²) in [4.78, 5) is 4.97. The normalized spacial score (nSPS) is 11.4. The van der Waals surface area contributed by atoms with Gasteiger partial charge in [0, 0.05) is 11.3 Å². The quantitative estimate of drug-likeness (QED) is 0.241. The predicted molar refractivity (Wildman–Crippen MR) is 149 cm³/mol. The van der Waals surface area contributed by atoms with Gasteiger partial charge in [-0.2, -0.15) is 0 Å². The fourth-order valence-electron chi connectivity index (χ4n) is 4.58. The first-order valence-electron chi connectivity index (χ1n) is 11.8. The molecule has 0 saturated heterocycles. The SMILES string of the molecule is C=Cc1cc2ccccc2cc1/C=C/c1ccc(-c2nc3ccccc3n2-c2ccccc2)cc1. The molecule has 0 atom stereocenters. The Morgan fingerprint density at radius 3 is 2.03 bits per heavy atom. The molecule has 0 aliphatic heterocycles. The number of rotatable bonds is 5. The molecular weight excluding hydrogens is 424 g/mol. The Balaban J connectivity index is 1.37. The van der Waals surface area contributed by atoms with E-state index in [2.05, 4.69) is 126 Å². The summed E-state index contributed by atoms with van der Waals surface area (Å²) >= 11 is 0. The Hall–Kier alpha value is -4.69. The van der Waals surface area contributed by atoms with Crippen LogP contribution in [0.15, 0.2) is 122 Å². The molecule has 0 amide bonds. The summed E-state index contributed by atoms with van der Waals surface area (Å²) in [5.74, 6) is 0.941. The number of hydrogen-bond donors (Lipinski definition) is 0. The predicted octanol–water partition coefficient (Wildman–Crippen LogP) is 8.66. The molecule has 35 heavy (non-hydrogen) atoms. The molecule has 6 rings (SSSR count). The number of hydrogen-bond acceptors (Lipinski definition) is 1. The van der Waals surface area contributed by atoms with Crippen molar-refractivity contribution in [3.8, 4) is 17.1 Å². The molecule has 0 unspecified atom stereocenters. The molecule has 1 heterocycles. The van der Waals surface area contributed by atoms with Gasteiger partial charge >= 0.3 is 0 Å². The van der Waals surface area contributed by atoms with Gasteiger partial charge in [0.2, 0.25) is 0 Å². The maximum atomic E-state index is 4.97. The zero-order chi connectivity index (χ0) is 23.6. The molecule has 166 valence electrons. The van der Waals surface area contributed by atoms with E-state index in [0.717, 1.165) is 44.8 Å². The Bertz CT molecular complexity index is 1690. The fourth-order valence-corrected chi connectivity index (χ4v) is 4.58. The number of fused-ring (bicyclic) bond motifs is 2. The molecule has 0 bridgehead atoms. The van der Waals surface area contributed by atoms with Gasteiger partial charge in [-0.3, -0.25) is 4.57 Å². The van der Waals surface area contributed by atoms with Crippen LogP contribution < -0.4 is 0 Å². The van der Waals surface area contributed by atoms with Crippen molar-refractivity contribution < 1.29 is 0 Å². The third-order valence-electron chi connectivity index (χ3n) is 6.37. The van der Waals surface area contributed by atoms with Gasteiger partial charge in [-0.15, -0.1) is 0 Å². The number of para-hydroxylation sites is 3. The largest absolute Gasteiger partial charge is 0.292 e. The van der Waals surface area contributed by atoms with Crippen LogP contribution in [0.3, 0.4) is 0 Å². The summed E-state index contributed by atoms with van der Waals surface area (Å²) < 4.78 is 2.23. The summed E-state index contributed by atoms with van der Waals surface area (Å²) in [5.41, 5.74) is 7.71. The van der Waals surface area contributed by atoms with E-state index in [1.807, 2.05) is 18.2 Å². The standard InChI is InChI=1S/C33H24N2/c1-2-25-22-27-10-6-7-11-28(27)23-29(25)21-18-24-16-19-26(20-17-24)33-34-31-14-8-9-15-32(31)35(33)30-12-4-3-5-13-30/h2-23H,1H2/b21-18+. The molecule has 1 aromatic heterocycles. The molecule has 0 fully saturated rings. The van der Waals surface area contributed by atoms with Gasteiger partial charge in [0.25, 0.3) is 0 Å². The van der Waals surface area contributed by atoms with Crippen molar-refractivity contribution in [3.05, 3.63) is 139 Å². The zero-order valence-electron chi connectivity index (χ0n) is 19.3. The van der Waals surface area contributed by atoms with Crippen LogP contribution >= 0.6 is 0 Å². The highest BCUT2D eigenvalue weighted by Crippen LogP contribution is 2.29. The van der Waals surface area contributed by atoms with Crippen LogP contribution in [0.1, 0.15) is 16.7 Å². The minimum atomic E-state index is 0.941. The number of aromatic nitrogens is 2. The molecule has 6 aromatic rings. The van der Waals surface area contributed by atoms with Crippen LogP contribution in [0.4, 0.5) is 0 Å². The smallest absolute Gasteiger partial charge is 0.145 e. The lowest BCUT2D eigenvalue weighted by Gasteiger charge is -2.10. The van der Waals surface area contributed by atoms with Crippen LogP contribution in [-0.4, -0.2) is 9.55 Å². The van der Waals surface area contributed by atoms with E-state index in [0.29, 0.717) is 0 Å². The summed E-state index contributed by atoms with van der Waals surface area (Å²) in [5, 5.41) is 2.46. The Morgan fingerprint density at radius 1 is 0.629 bits per heavy atom. The second-order valence-electron chi connectivity index (χ2n) is 8.58. The van der Waals surface area contributed by atoms with Gasteiger partial charge < -0.3 is 0 Å². The molecule has 5 aromatic carbocycles. The van der Waals surface area contributed by atoms with Crippen LogP contribution in [0, 0.1) is 0 Å². The van der Waals surface area contributed by atoms with E-state index in [9.17, 15) is 0 Å². The molecule has 2 heteroatoms. The Labute approximate surface area is 205 Å². The summed E-state index contributed by atoms with van der Waals surface area (Å²) in [6.07, 6.45) is 6.24. The third kappa shape index (κ3) is 3.96. The molecule has 0 spiro atoms. The molecule has 0 aliphatic rings. The lowest BCUT2D eigenvalue weighted by molar-refractivity contribution is 1.10. The third-order valence-corrected chi connectivity index (χ3v) is 6.37. The molecule has 0 saturated carbocycles. The van der Waals surface area contributed by atoms with E-state index < -0.39 is 0 Å². The topological polar surface area (TPSA) is 17.8 Å². The van der Waals surface area contributed by atoms with Gasteiger partial charge in [-0.05, 0) is 63.9 Å². The van der Waals surface area contributed by atoms with Crippen molar-refractivity contribution in [3.63, 3.8) is 0 Å². The lowest BCUT2D eigenvalue weighted by atomic mass is 10.00. The van der Waals surface area contributed by atoms with Crippen molar-refractivity contribution in [2.75, 3.05) is 0 Å². The highest BCUT2D eigenvalue weighted by atomic mass is 15.1. The summed E-state index contributed by atoms with van der Waals surface area (Å²) in [6.45, 7) is 4.01. The second kappa shape index (κ2) is 8.92. The van der Waals surface area contributed by atoms with E-state index in [4.69, 9.17) is 4.98 Å². The highest BCUT2D eigenvalue weighted by molar-refractivity contribution is 5.90. The van der Waals surface area contributed by atoms with E-state index in [1.165, 1.54) is 10.8 Å². The maximum Gasteiger partial charge on any atom is 0.145 e. The van der Waals surface area contributed by atoms with E-state index in [1.54, 1.807) is 0 Å². The van der Waals surface area contributed by atoms with Crippen molar-refractivity contribution in [1.82, 2.24) is 9.55 Å². The van der Waals surface area contributed by atoms with Crippen molar-refractivity contribution in [1.29, 1.82) is 0 Å². The first-order chi connectivity index (χ1) is 17.3. The Kier molecular flexibility index (Phi) is 5.32. The number of nitrogens with zero attached hydrogens (tertiary/aromatic N) is 2. The minimum Gasteiger partial charge on any atom is -0.292 e. The number of benzene rings is 5. The second-order valence-corrected chi connectivity index (χ2v) is 8.58. The molecule has 2 nitrogen and oxygen atoms in total. The van der Waals surface area contributed by atoms with Gasteiger partial charge in [0.15, 0.2) is 0 Å². The number of imidazole rings is 1. The van der Waals surface area contributed by atoms with Crippen molar-refractivity contribution in [2.24, 2.45) is 0 Å². The van der Waals surface area contributed by atoms with Gasteiger partial charge in [-0.1, -0.05) is 104 Å². The molecule has 0 N–H and O–H groups in total. The van der Waals surface area contributed by atoms with Gasteiger partial charge in [-0.25, -0.2) is 4.98 Å². The zero-order valence-corrected chi connectivity index (χ0v) is 19.3.